The Hall–Kier alpha value is -0.580. The van der Waals surface area contributed by atoms with Crippen molar-refractivity contribution in [3.63, 3.8) is 0 Å². The zero-order valence-corrected chi connectivity index (χ0v) is 13.2. The van der Waals surface area contributed by atoms with Crippen LogP contribution in [0.25, 0.3) is 0 Å². The Labute approximate surface area is 127 Å². The molecule has 1 fully saturated rings. The monoisotopic (exact) mass is 298 g/mol. The summed E-state index contributed by atoms with van der Waals surface area (Å²) in [5.74, 6) is 6.55. The first-order chi connectivity index (χ1) is 9.76. The van der Waals surface area contributed by atoms with E-state index in [9.17, 15) is 0 Å². The van der Waals surface area contributed by atoms with Crippen LogP contribution in [-0.2, 0) is 6.54 Å². The van der Waals surface area contributed by atoms with Gasteiger partial charge in [-0.05, 0) is 18.8 Å². The number of hydrogen-bond acceptors (Lipinski definition) is 3. The smallest absolute Gasteiger partial charge is 0.0834 e. The van der Waals surface area contributed by atoms with Crippen LogP contribution >= 0.6 is 11.6 Å². The maximum Gasteiger partial charge on any atom is 0.0834 e. The fraction of sp³-hybridized carbons (Fsp3) is 0.800. The van der Waals surface area contributed by atoms with Gasteiger partial charge in [0.25, 0.3) is 0 Å². The molecule has 1 heterocycles. The van der Waals surface area contributed by atoms with Gasteiger partial charge in [0.1, 0.15) is 0 Å². The first-order valence-electron chi connectivity index (χ1n) is 7.93. The second kappa shape index (κ2) is 8.01. The Morgan fingerprint density at radius 1 is 1.40 bits per heavy atom. The predicted octanol–water partition coefficient (Wildman–Crippen LogP) is 3.81. The highest BCUT2D eigenvalue weighted by atomic mass is 35.5. The number of halogens is 1. The van der Waals surface area contributed by atoms with Crippen molar-refractivity contribution in [1.29, 1.82) is 0 Å². The van der Waals surface area contributed by atoms with Crippen LogP contribution in [0.2, 0.25) is 5.02 Å². The molecule has 1 aromatic heterocycles. The molecule has 0 amide bonds. The number of hydrazine groups is 1. The molecule has 1 saturated carbocycles. The van der Waals surface area contributed by atoms with Crippen molar-refractivity contribution < 1.29 is 0 Å². The maximum atomic E-state index is 6.33. The zero-order valence-electron chi connectivity index (χ0n) is 12.4. The van der Waals surface area contributed by atoms with Crippen molar-refractivity contribution in [2.24, 2.45) is 11.8 Å². The number of hydrogen-bond donors (Lipinski definition) is 2. The lowest BCUT2D eigenvalue weighted by molar-refractivity contribution is 0.344. The molecule has 0 saturated heterocycles. The van der Waals surface area contributed by atoms with Gasteiger partial charge in [0.15, 0.2) is 0 Å². The van der Waals surface area contributed by atoms with Gasteiger partial charge in [-0.1, -0.05) is 57.0 Å². The third kappa shape index (κ3) is 3.96. The number of aryl methyl sites for hydroxylation is 1. The maximum absolute atomic E-state index is 6.33. The van der Waals surface area contributed by atoms with Crippen molar-refractivity contribution in [3.8, 4) is 0 Å². The number of nitrogens with zero attached hydrogens (tertiary/aromatic N) is 2. The highest BCUT2D eigenvalue weighted by Gasteiger charge is 2.23. The Kier molecular flexibility index (Phi) is 6.33. The largest absolute Gasteiger partial charge is 0.271 e. The van der Waals surface area contributed by atoms with Gasteiger partial charge < -0.3 is 0 Å². The van der Waals surface area contributed by atoms with E-state index in [0.717, 1.165) is 36.0 Å². The van der Waals surface area contributed by atoms with Crippen LogP contribution in [0.15, 0.2) is 6.20 Å². The molecule has 0 bridgehead atoms. The lowest BCUT2D eigenvalue weighted by atomic mass is 9.91. The predicted molar refractivity (Wildman–Crippen MR) is 83.4 cm³/mol. The van der Waals surface area contributed by atoms with E-state index in [1.165, 1.54) is 38.5 Å². The van der Waals surface area contributed by atoms with E-state index in [-0.39, 0.29) is 6.04 Å². The molecule has 0 aliphatic heterocycles. The normalized spacial score (nSPS) is 18.9. The summed E-state index contributed by atoms with van der Waals surface area (Å²) in [6.45, 7) is 3.04. The molecule has 1 atom stereocenters. The summed E-state index contributed by atoms with van der Waals surface area (Å²) in [6.07, 6.45) is 11.9. The Balaban J connectivity index is 2.08. The number of aromatic nitrogens is 2. The summed E-state index contributed by atoms with van der Waals surface area (Å²) < 4.78 is 2.00. The van der Waals surface area contributed by atoms with E-state index < -0.39 is 0 Å². The molecule has 1 aliphatic carbocycles. The molecule has 5 heteroatoms. The van der Waals surface area contributed by atoms with Crippen molar-refractivity contribution in [3.05, 3.63) is 16.9 Å². The first-order valence-corrected chi connectivity index (χ1v) is 8.31. The molecule has 0 aromatic carbocycles. The van der Waals surface area contributed by atoms with Crippen LogP contribution in [0.5, 0.6) is 0 Å². The summed E-state index contributed by atoms with van der Waals surface area (Å²) in [6, 6.07) is 0.111. The summed E-state index contributed by atoms with van der Waals surface area (Å²) in [7, 11) is 0. The third-order valence-electron chi connectivity index (χ3n) is 4.34. The summed E-state index contributed by atoms with van der Waals surface area (Å²) in [4.78, 5) is 0. The molecule has 114 valence electrons. The fourth-order valence-electron chi connectivity index (χ4n) is 3.30. The second-order valence-corrected chi connectivity index (χ2v) is 6.32. The van der Waals surface area contributed by atoms with E-state index in [4.69, 9.17) is 17.4 Å². The zero-order chi connectivity index (χ0) is 14.4. The van der Waals surface area contributed by atoms with E-state index >= 15 is 0 Å². The van der Waals surface area contributed by atoms with Crippen LogP contribution in [0.3, 0.4) is 0 Å². The lowest BCUT2D eigenvalue weighted by Crippen LogP contribution is -2.31. The molecular formula is C15H27ClN4. The van der Waals surface area contributed by atoms with Crippen molar-refractivity contribution in [2.75, 3.05) is 0 Å². The fourth-order valence-corrected chi connectivity index (χ4v) is 3.57. The number of nitrogens with one attached hydrogen (secondary N) is 1. The molecule has 1 unspecified atom stereocenters. The molecule has 0 radical (unpaired) electrons. The van der Waals surface area contributed by atoms with Gasteiger partial charge >= 0.3 is 0 Å². The molecule has 2 rings (SSSR count). The van der Waals surface area contributed by atoms with Crippen molar-refractivity contribution >= 4 is 11.6 Å². The SMILES string of the molecule is CCCn1ncc(Cl)c1C(CC1CCCCCC1)NN. The Bertz CT molecular complexity index is 397. The van der Waals surface area contributed by atoms with Gasteiger partial charge in [-0.2, -0.15) is 5.10 Å². The van der Waals surface area contributed by atoms with Crippen molar-refractivity contribution in [1.82, 2.24) is 15.2 Å². The van der Waals surface area contributed by atoms with E-state index in [0.29, 0.717) is 0 Å². The van der Waals surface area contributed by atoms with Gasteiger partial charge in [-0.25, -0.2) is 0 Å². The molecular weight excluding hydrogens is 272 g/mol. The minimum atomic E-state index is 0.111. The quantitative estimate of drug-likeness (QED) is 0.477. The molecule has 1 aliphatic rings. The average molecular weight is 299 g/mol. The van der Waals surface area contributed by atoms with Gasteiger partial charge in [0.2, 0.25) is 0 Å². The van der Waals surface area contributed by atoms with Crippen LogP contribution in [0.1, 0.15) is 70.0 Å². The molecule has 0 spiro atoms. The topological polar surface area (TPSA) is 55.9 Å². The van der Waals surface area contributed by atoms with Gasteiger partial charge in [-0.15, -0.1) is 0 Å². The Morgan fingerprint density at radius 3 is 2.70 bits per heavy atom. The second-order valence-electron chi connectivity index (χ2n) is 5.91. The minimum Gasteiger partial charge on any atom is -0.271 e. The van der Waals surface area contributed by atoms with E-state index in [1.54, 1.807) is 6.20 Å². The first kappa shape index (κ1) is 15.8. The average Bonchev–Trinajstić information content (AvgIpc) is 2.67. The highest BCUT2D eigenvalue weighted by molar-refractivity contribution is 6.31. The minimum absolute atomic E-state index is 0.111. The molecule has 3 N–H and O–H groups in total. The van der Waals surface area contributed by atoms with Crippen LogP contribution in [0, 0.1) is 5.92 Å². The van der Waals surface area contributed by atoms with Crippen LogP contribution in [-0.4, -0.2) is 9.78 Å². The number of rotatable bonds is 6. The molecule has 20 heavy (non-hydrogen) atoms. The van der Waals surface area contributed by atoms with Gasteiger partial charge in [0.05, 0.1) is 23.0 Å². The highest BCUT2D eigenvalue weighted by Crippen LogP contribution is 2.33. The van der Waals surface area contributed by atoms with Gasteiger partial charge in [0, 0.05) is 6.54 Å². The third-order valence-corrected chi connectivity index (χ3v) is 4.63. The molecule has 4 nitrogen and oxygen atoms in total. The summed E-state index contributed by atoms with van der Waals surface area (Å²) in [5.41, 5.74) is 4.02. The van der Waals surface area contributed by atoms with E-state index in [1.807, 2.05) is 4.68 Å². The lowest BCUT2D eigenvalue weighted by Gasteiger charge is -2.23. The van der Waals surface area contributed by atoms with E-state index in [2.05, 4.69) is 17.4 Å². The van der Waals surface area contributed by atoms with Gasteiger partial charge in [-0.3, -0.25) is 16.0 Å². The standard InChI is InChI=1S/C15H27ClN4/c1-2-9-20-15(13(16)11-18-20)14(19-17)10-12-7-5-3-4-6-8-12/h11-12,14,19H,2-10,17H2,1H3. The summed E-state index contributed by atoms with van der Waals surface area (Å²) >= 11 is 6.33. The van der Waals surface area contributed by atoms with Crippen molar-refractivity contribution in [2.45, 2.75) is 70.9 Å². The number of nitrogens with two attached hydrogens (primary N) is 1. The molecule has 1 aromatic rings. The summed E-state index contributed by atoms with van der Waals surface area (Å²) in [5, 5.41) is 5.11. The van der Waals surface area contributed by atoms with Crippen LogP contribution in [0.4, 0.5) is 0 Å². The van der Waals surface area contributed by atoms with Crippen LogP contribution < -0.4 is 11.3 Å². The Morgan fingerprint density at radius 2 is 2.10 bits per heavy atom.